The van der Waals surface area contributed by atoms with Gasteiger partial charge >= 0.3 is 0 Å². The van der Waals surface area contributed by atoms with Crippen LogP contribution in [0.4, 0.5) is 0 Å². The molecule has 0 saturated carbocycles. The van der Waals surface area contributed by atoms with E-state index in [0.29, 0.717) is 25.0 Å². The molecule has 2 saturated heterocycles. The second-order valence-electron chi connectivity index (χ2n) is 9.16. The van der Waals surface area contributed by atoms with Gasteiger partial charge in [0.1, 0.15) is 5.69 Å². The molecular formula is C23H30N4O3S. The Balaban J connectivity index is 1.17. The maximum absolute atomic E-state index is 12.4. The molecule has 3 aliphatic heterocycles. The minimum absolute atomic E-state index is 0.120. The zero-order chi connectivity index (χ0) is 21.6. The van der Waals surface area contributed by atoms with E-state index in [1.54, 1.807) is 4.90 Å². The maximum atomic E-state index is 12.4. The Morgan fingerprint density at radius 1 is 1.39 bits per heavy atom. The molecule has 2 aromatic heterocycles. The van der Waals surface area contributed by atoms with Gasteiger partial charge < -0.3 is 19.5 Å². The molecule has 2 fully saturated rings. The van der Waals surface area contributed by atoms with Crippen molar-refractivity contribution >= 4 is 23.0 Å². The van der Waals surface area contributed by atoms with Crippen LogP contribution < -0.4 is 0 Å². The average molecular weight is 443 g/mol. The summed E-state index contributed by atoms with van der Waals surface area (Å²) in [4.78, 5) is 38.3. The average Bonchev–Trinajstić information content (AvgIpc) is 3.41. The van der Waals surface area contributed by atoms with Crippen molar-refractivity contribution in [1.82, 2.24) is 19.8 Å². The van der Waals surface area contributed by atoms with Crippen molar-refractivity contribution in [2.24, 2.45) is 5.92 Å². The molecule has 0 unspecified atom stereocenters. The number of Topliss-reactive ketones (excluding diaryl/α,β-unsaturated/α-hetero) is 1. The summed E-state index contributed by atoms with van der Waals surface area (Å²) in [6.45, 7) is 8.63. The molecule has 2 aromatic rings. The third-order valence-corrected chi connectivity index (χ3v) is 8.47. The number of hydrogen-bond donors (Lipinski definition) is 1. The molecule has 166 valence electrons. The van der Waals surface area contributed by atoms with Gasteiger partial charge in [-0.3, -0.25) is 9.59 Å². The van der Waals surface area contributed by atoms with Gasteiger partial charge in [0.15, 0.2) is 0 Å². The highest BCUT2D eigenvalue weighted by molar-refractivity contribution is 7.12. The quantitative estimate of drug-likeness (QED) is 0.569. The van der Waals surface area contributed by atoms with Crippen LogP contribution in [-0.4, -0.2) is 70.3 Å². The smallest absolute Gasteiger partial charge is 0.296 e. The highest BCUT2D eigenvalue weighted by atomic mass is 32.1. The summed E-state index contributed by atoms with van der Waals surface area (Å²) < 4.78 is 6.45. The molecule has 0 aliphatic carbocycles. The molecule has 2 atom stereocenters. The van der Waals surface area contributed by atoms with E-state index in [1.165, 1.54) is 27.8 Å². The molecular weight excluding hydrogens is 412 g/mol. The Kier molecular flexibility index (Phi) is 5.48. The van der Waals surface area contributed by atoms with Gasteiger partial charge in [-0.25, -0.2) is 4.98 Å². The number of ketones is 1. The van der Waals surface area contributed by atoms with E-state index in [4.69, 9.17) is 4.74 Å². The normalized spacial score (nSPS) is 26.6. The van der Waals surface area contributed by atoms with Crippen LogP contribution in [-0.2, 0) is 28.0 Å². The Bertz CT molecular complexity index is 966. The van der Waals surface area contributed by atoms with Crippen LogP contribution in [0, 0.1) is 5.92 Å². The van der Waals surface area contributed by atoms with Gasteiger partial charge in [0.2, 0.25) is 0 Å². The monoisotopic (exact) mass is 442 g/mol. The number of hydrogen-bond acceptors (Lipinski definition) is 6. The number of aromatic nitrogens is 2. The minimum Gasteiger partial charge on any atom is -0.370 e. The molecule has 3 aliphatic rings. The van der Waals surface area contributed by atoms with Gasteiger partial charge in [-0.1, -0.05) is 6.92 Å². The second-order valence-corrected chi connectivity index (χ2v) is 10.4. The number of nitrogens with one attached hydrogen (secondary N) is 1. The van der Waals surface area contributed by atoms with Crippen LogP contribution in [0.25, 0.3) is 0 Å². The first-order valence-corrected chi connectivity index (χ1v) is 12.1. The number of likely N-dealkylation sites (tertiary alicyclic amines) is 2. The molecule has 5 rings (SSSR count). The number of piperidine rings is 1. The summed E-state index contributed by atoms with van der Waals surface area (Å²) in [5.41, 5.74) is 1.59. The molecule has 1 N–H and O–H groups in total. The third-order valence-electron chi connectivity index (χ3n) is 7.13. The fourth-order valence-corrected chi connectivity index (χ4v) is 6.55. The zero-order valence-electron chi connectivity index (χ0n) is 18.2. The fraction of sp³-hybridized carbons (Fsp3) is 0.609. The molecule has 8 heteroatoms. The number of aromatic amines is 1. The van der Waals surface area contributed by atoms with Crippen LogP contribution in [0.15, 0.2) is 18.6 Å². The van der Waals surface area contributed by atoms with E-state index < -0.39 is 11.7 Å². The summed E-state index contributed by atoms with van der Waals surface area (Å²) in [6.07, 6.45) is 7.00. The highest BCUT2D eigenvalue weighted by Gasteiger charge is 2.45. The lowest BCUT2D eigenvalue weighted by atomic mass is 9.79. The summed E-state index contributed by atoms with van der Waals surface area (Å²) in [5.74, 6) is -0.513. The SMILES string of the molecule is CCc1cc2c(s1)CCO[C@@]21CCN(CC2CN(C(=O)C(=O)c3cnc[nH]3)C2)[C@@H](C)C1. The van der Waals surface area contributed by atoms with Gasteiger partial charge in [-0.05, 0) is 37.8 Å². The van der Waals surface area contributed by atoms with E-state index in [9.17, 15) is 9.59 Å². The Morgan fingerprint density at radius 2 is 2.23 bits per heavy atom. The highest BCUT2D eigenvalue weighted by Crippen LogP contribution is 2.46. The number of H-pyrrole nitrogens is 1. The summed E-state index contributed by atoms with van der Waals surface area (Å²) in [6, 6.07) is 2.83. The van der Waals surface area contributed by atoms with Gasteiger partial charge in [0, 0.05) is 54.3 Å². The Morgan fingerprint density at radius 3 is 2.94 bits per heavy atom. The van der Waals surface area contributed by atoms with Crippen molar-refractivity contribution < 1.29 is 14.3 Å². The number of carbonyl (C=O) groups is 2. The first-order chi connectivity index (χ1) is 15.0. The zero-order valence-corrected chi connectivity index (χ0v) is 19.0. The summed E-state index contributed by atoms with van der Waals surface area (Å²) >= 11 is 1.97. The fourth-order valence-electron chi connectivity index (χ4n) is 5.37. The summed E-state index contributed by atoms with van der Waals surface area (Å²) in [7, 11) is 0. The van der Waals surface area contributed by atoms with Crippen LogP contribution in [0.5, 0.6) is 0 Å². The van der Waals surface area contributed by atoms with Gasteiger partial charge in [-0.15, -0.1) is 11.3 Å². The van der Waals surface area contributed by atoms with Crippen LogP contribution in [0.3, 0.4) is 0 Å². The van der Waals surface area contributed by atoms with Gasteiger partial charge in [-0.2, -0.15) is 0 Å². The predicted molar refractivity (Wildman–Crippen MR) is 118 cm³/mol. The second kappa shape index (κ2) is 8.15. The van der Waals surface area contributed by atoms with Crippen molar-refractivity contribution in [3.63, 3.8) is 0 Å². The number of amides is 1. The number of aryl methyl sites for hydroxylation is 1. The standard InChI is InChI=1S/C23H30N4O3S/c1-3-17-8-18-20(31-17)4-7-30-23(18)5-6-26(15(2)9-23)11-16-12-27(13-16)22(29)21(28)19-10-24-14-25-19/h8,10,14-16H,3-7,9,11-13H2,1-2H3,(H,24,25)/t15-,23+/m0/s1. The molecule has 0 radical (unpaired) electrons. The largest absolute Gasteiger partial charge is 0.370 e. The molecule has 7 nitrogen and oxygen atoms in total. The van der Waals surface area contributed by atoms with Crippen molar-refractivity contribution in [2.75, 3.05) is 32.8 Å². The number of thiophene rings is 1. The van der Waals surface area contributed by atoms with Crippen molar-refractivity contribution in [3.8, 4) is 0 Å². The van der Waals surface area contributed by atoms with Crippen LogP contribution >= 0.6 is 11.3 Å². The van der Waals surface area contributed by atoms with Crippen molar-refractivity contribution in [1.29, 1.82) is 0 Å². The van der Waals surface area contributed by atoms with Crippen LogP contribution in [0.1, 0.15) is 52.5 Å². The number of nitrogens with zero attached hydrogens (tertiary/aromatic N) is 3. The summed E-state index contributed by atoms with van der Waals surface area (Å²) in [5, 5.41) is 0. The Hall–Kier alpha value is -2.03. The number of ether oxygens (including phenoxy) is 1. The van der Waals surface area contributed by atoms with E-state index in [2.05, 4.69) is 34.8 Å². The molecule has 1 amide bonds. The molecule has 1 spiro atoms. The lowest BCUT2D eigenvalue weighted by Crippen LogP contribution is -2.58. The number of rotatable bonds is 5. The molecule has 0 bridgehead atoms. The first-order valence-electron chi connectivity index (χ1n) is 11.3. The van der Waals surface area contributed by atoms with Crippen molar-refractivity contribution in [3.05, 3.63) is 39.6 Å². The van der Waals surface area contributed by atoms with E-state index in [-0.39, 0.29) is 11.3 Å². The third kappa shape index (κ3) is 3.75. The lowest BCUT2D eigenvalue weighted by molar-refractivity contribution is -0.135. The van der Waals surface area contributed by atoms with Crippen molar-refractivity contribution in [2.45, 2.75) is 51.2 Å². The van der Waals surface area contributed by atoms with Gasteiger partial charge in [0.25, 0.3) is 11.7 Å². The van der Waals surface area contributed by atoms with Crippen LogP contribution in [0.2, 0.25) is 0 Å². The van der Waals surface area contributed by atoms with E-state index >= 15 is 0 Å². The predicted octanol–water partition coefficient (Wildman–Crippen LogP) is 2.63. The number of imidazole rings is 1. The van der Waals surface area contributed by atoms with E-state index in [0.717, 1.165) is 45.4 Å². The van der Waals surface area contributed by atoms with E-state index in [1.807, 2.05) is 11.3 Å². The molecule has 5 heterocycles. The maximum Gasteiger partial charge on any atom is 0.296 e. The molecule has 0 aromatic carbocycles. The topological polar surface area (TPSA) is 78.5 Å². The number of fused-ring (bicyclic) bond motifs is 2. The lowest BCUT2D eigenvalue weighted by Gasteiger charge is -2.49. The minimum atomic E-state index is -0.503. The Labute approximate surface area is 186 Å². The number of carbonyl (C=O) groups excluding carboxylic acids is 2. The first kappa shape index (κ1) is 20.8. The molecule has 31 heavy (non-hydrogen) atoms. The van der Waals surface area contributed by atoms with Gasteiger partial charge in [0.05, 0.1) is 24.7 Å².